The van der Waals surface area contributed by atoms with Gasteiger partial charge in [-0.25, -0.2) is 0 Å². The van der Waals surface area contributed by atoms with Gasteiger partial charge in [-0.3, -0.25) is 14.7 Å². The van der Waals surface area contributed by atoms with Crippen LogP contribution in [0.5, 0.6) is 0 Å². The van der Waals surface area contributed by atoms with Crippen molar-refractivity contribution in [2.75, 3.05) is 32.8 Å². The molecule has 2 aromatic heterocycles. The van der Waals surface area contributed by atoms with Crippen molar-refractivity contribution in [3.05, 3.63) is 47.1 Å². The highest BCUT2D eigenvalue weighted by atomic mass is 16.5. The molecule has 27 heavy (non-hydrogen) atoms. The van der Waals surface area contributed by atoms with E-state index in [1.54, 1.807) is 6.20 Å². The topological polar surface area (TPSA) is 71.7 Å². The van der Waals surface area contributed by atoms with Crippen LogP contribution < -0.4 is 0 Å². The molecule has 7 nitrogen and oxygen atoms in total. The Balaban J connectivity index is 1.47. The second kappa shape index (κ2) is 7.40. The maximum absolute atomic E-state index is 12.8. The number of carbonyl (C=O) groups excluding carboxylic acids is 1. The number of hydrogen-bond acceptors (Lipinski definition) is 6. The van der Waals surface area contributed by atoms with Crippen molar-refractivity contribution in [1.82, 2.24) is 19.9 Å². The van der Waals surface area contributed by atoms with Crippen molar-refractivity contribution in [1.29, 1.82) is 0 Å². The van der Waals surface area contributed by atoms with Gasteiger partial charge < -0.3 is 14.2 Å². The molecule has 0 N–H and O–H groups in total. The SMILES string of the molecule is Cc1noc(C)c1CN1CC2(COCCN(Cc3cccnc3)C2)CC1=O. The van der Waals surface area contributed by atoms with E-state index in [-0.39, 0.29) is 11.3 Å². The molecular formula is C20H26N4O3. The van der Waals surface area contributed by atoms with Gasteiger partial charge >= 0.3 is 0 Å². The molecule has 2 aliphatic heterocycles. The average molecular weight is 370 g/mol. The summed E-state index contributed by atoms with van der Waals surface area (Å²) in [5.41, 5.74) is 2.90. The van der Waals surface area contributed by atoms with Gasteiger partial charge in [0.1, 0.15) is 5.76 Å². The van der Waals surface area contributed by atoms with E-state index in [9.17, 15) is 4.79 Å². The molecule has 2 aromatic rings. The number of hydrogen-bond donors (Lipinski definition) is 0. The van der Waals surface area contributed by atoms with Gasteiger partial charge in [0, 0.05) is 56.0 Å². The van der Waals surface area contributed by atoms with Crippen LogP contribution in [-0.2, 0) is 22.6 Å². The van der Waals surface area contributed by atoms with E-state index in [0.29, 0.717) is 32.7 Å². The molecule has 1 atom stereocenters. The number of aryl methyl sites for hydroxylation is 2. The first-order valence-corrected chi connectivity index (χ1v) is 9.43. The van der Waals surface area contributed by atoms with Crippen LogP contribution in [0, 0.1) is 19.3 Å². The lowest BCUT2D eigenvalue weighted by molar-refractivity contribution is -0.128. The summed E-state index contributed by atoms with van der Waals surface area (Å²) in [6, 6.07) is 4.05. The van der Waals surface area contributed by atoms with Crippen LogP contribution in [0.4, 0.5) is 0 Å². The quantitative estimate of drug-likeness (QED) is 0.819. The number of carbonyl (C=O) groups is 1. The maximum Gasteiger partial charge on any atom is 0.223 e. The van der Waals surface area contributed by atoms with Gasteiger partial charge in [0.2, 0.25) is 5.91 Å². The summed E-state index contributed by atoms with van der Waals surface area (Å²) in [6.45, 7) is 8.96. The zero-order valence-electron chi connectivity index (χ0n) is 16.0. The van der Waals surface area contributed by atoms with Crippen LogP contribution >= 0.6 is 0 Å². The molecule has 0 bridgehead atoms. The molecule has 2 saturated heterocycles. The zero-order valence-corrected chi connectivity index (χ0v) is 16.0. The molecule has 4 heterocycles. The molecule has 0 saturated carbocycles. The van der Waals surface area contributed by atoms with Crippen LogP contribution in [0.15, 0.2) is 29.0 Å². The summed E-state index contributed by atoms with van der Waals surface area (Å²) in [4.78, 5) is 21.3. The molecule has 144 valence electrons. The van der Waals surface area contributed by atoms with Gasteiger partial charge in [-0.05, 0) is 25.5 Å². The summed E-state index contributed by atoms with van der Waals surface area (Å²) in [6.07, 6.45) is 4.22. The molecule has 2 fully saturated rings. The molecule has 4 rings (SSSR count). The number of ether oxygens (including phenoxy) is 1. The fourth-order valence-corrected chi connectivity index (χ4v) is 4.21. The molecule has 0 aromatic carbocycles. The fraction of sp³-hybridized carbons (Fsp3) is 0.550. The average Bonchev–Trinajstić information content (AvgIpc) is 3.04. The Morgan fingerprint density at radius 2 is 2.15 bits per heavy atom. The number of aromatic nitrogens is 2. The second-order valence-corrected chi connectivity index (χ2v) is 7.85. The first-order chi connectivity index (χ1) is 13.0. The minimum absolute atomic E-state index is 0.158. The normalized spacial score (nSPS) is 23.9. The van der Waals surface area contributed by atoms with Crippen LogP contribution in [0.25, 0.3) is 0 Å². The lowest BCUT2D eigenvalue weighted by Crippen LogP contribution is -2.40. The van der Waals surface area contributed by atoms with Gasteiger partial charge in [0.25, 0.3) is 0 Å². The highest BCUT2D eigenvalue weighted by Gasteiger charge is 2.45. The lowest BCUT2D eigenvalue weighted by Gasteiger charge is -2.31. The van der Waals surface area contributed by atoms with Crippen molar-refractivity contribution < 1.29 is 14.1 Å². The monoisotopic (exact) mass is 370 g/mol. The Kier molecular flexibility index (Phi) is 4.97. The van der Waals surface area contributed by atoms with Crippen LogP contribution in [0.3, 0.4) is 0 Å². The van der Waals surface area contributed by atoms with E-state index in [1.165, 1.54) is 5.56 Å². The zero-order chi connectivity index (χ0) is 18.9. The second-order valence-electron chi connectivity index (χ2n) is 7.85. The van der Waals surface area contributed by atoms with Crippen LogP contribution in [-0.4, -0.2) is 58.7 Å². The number of likely N-dealkylation sites (tertiary alicyclic amines) is 1. The third kappa shape index (κ3) is 3.89. The maximum atomic E-state index is 12.8. The van der Waals surface area contributed by atoms with E-state index >= 15 is 0 Å². The predicted octanol–water partition coefficient (Wildman–Crippen LogP) is 1.94. The summed E-state index contributed by atoms with van der Waals surface area (Å²) in [5, 5.41) is 4.01. The number of nitrogens with zero attached hydrogens (tertiary/aromatic N) is 4. The first-order valence-electron chi connectivity index (χ1n) is 9.43. The highest BCUT2D eigenvalue weighted by molar-refractivity contribution is 5.79. The third-order valence-electron chi connectivity index (χ3n) is 5.58. The summed E-state index contributed by atoms with van der Waals surface area (Å²) >= 11 is 0. The Hall–Kier alpha value is -2.25. The van der Waals surface area contributed by atoms with E-state index in [0.717, 1.165) is 36.7 Å². The molecule has 1 amide bonds. The minimum Gasteiger partial charge on any atom is -0.379 e. The van der Waals surface area contributed by atoms with Gasteiger partial charge in [-0.15, -0.1) is 0 Å². The highest BCUT2D eigenvalue weighted by Crippen LogP contribution is 2.36. The van der Waals surface area contributed by atoms with E-state index < -0.39 is 0 Å². The smallest absolute Gasteiger partial charge is 0.223 e. The van der Waals surface area contributed by atoms with Gasteiger partial charge in [0.15, 0.2) is 0 Å². The van der Waals surface area contributed by atoms with Crippen molar-refractivity contribution in [3.63, 3.8) is 0 Å². The van der Waals surface area contributed by atoms with Crippen molar-refractivity contribution >= 4 is 5.91 Å². The lowest BCUT2D eigenvalue weighted by atomic mass is 9.87. The predicted molar refractivity (Wildman–Crippen MR) is 98.8 cm³/mol. The third-order valence-corrected chi connectivity index (χ3v) is 5.58. The summed E-state index contributed by atoms with van der Waals surface area (Å²) in [5.74, 6) is 0.971. The molecule has 1 unspecified atom stereocenters. The molecule has 7 heteroatoms. The molecule has 0 radical (unpaired) electrons. The van der Waals surface area contributed by atoms with E-state index in [1.807, 2.05) is 31.0 Å². The molecular weight excluding hydrogens is 344 g/mol. The largest absolute Gasteiger partial charge is 0.379 e. The Morgan fingerprint density at radius 3 is 2.89 bits per heavy atom. The number of rotatable bonds is 4. The van der Waals surface area contributed by atoms with Crippen molar-refractivity contribution in [3.8, 4) is 0 Å². The Bertz CT molecular complexity index is 787. The Morgan fingerprint density at radius 1 is 1.26 bits per heavy atom. The number of pyridine rings is 1. The summed E-state index contributed by atoms with van der Waals surface area (Å²) in [7, 11) is 0. The van der Waals surface area contributed by atoms with Gasteiger partial charge in [0.05, 0.1) is 25.5 Å². The van der Waals surface area contributed by atoms with Crippen molar-refractivity contribution in [2.24, 2.45) is 5.41 Å². The summed E-state index contributed by atoms with van der Waals surface area (Å²) < 4.78 is 11.2. The molecule has 2 aliphatic rings. The van der Waals surface area contributed by atoms with Gasteiger partial charge in [-0.2, -0.15) is 0 Å². The minimum atomic E-state index is -0.158. The first kappa shape index (κ1) is 18.1. The van der Waals surface area contributed by atoms with Crippen LogP contribution in [0.1, 0.15) is 29.0 Å². The standard InChI is InChI=1S/C20H26N4O3/c1-15-18(16(2)27-22-15)11-24-13-20(8-19(24)25)12-23(6-7-26-14-20)10-17-4-3-5-21-9-17/h3-5,9H,6-8,10-14H2,1-2H3. The van der Waals surface area contributed by atoms with Crippen molar-refractivity contribution in [2.45, 2.75) is 33.4 Å². The van der Waals surface area contributed by atoms with Crippen LogP contribution in [0.2, 0.25) is 0 Å². The van der Waals surface area contributed by atoms with Gasteiger partial charge in [-0.1, -0.05) is 11.2 Å². The van der Waals surface area contributed by atoms with E-state index in [4.69, 9.17) is 9.26 Å². The van der Waals surface area contributed by atoms with E-state index in [2.05, 4.69) is 21.1 Å². The Labute approximate surface area is 159 Å². The molecule has 1 spiro atoms. The number of amides is 1. The fourth-order valence-electron chi connectivity index (χ4n) is 4.21. The molecule has 0 aliphatic carbocycles.